The van der Waals surface area contributed by atoms with Gasteiger partial charge in [-0.05, 0) is 31.4 Å². The standard InChI is InChI=1S/C16H21NO5/c1-20-12-9-11(10-13(21-2)15(12)22-3)14(18)16(19)17-7-5-4-6-8-17/h9-10H,4-8H2,1-3H3. The average molecular weight is 307 g/mol. The molecule has 0 N–H and O–H groups in total. The summed E-state index contributed by atoms with van der Waals surface area (Å²) in [6.45, 7) is 1.27. The zero-order valence-electron chi connectivity index (χ0n) is 13.2. The van der Waals surface area contributed by atoms with Crippen LogP contribution in [0.4, 0.5) is 0 Å². The maximum Gasteiger partial charge on any atom is 0.294 e. The van der Waals surface area contributed by atoms with Crippen LogP contribution in [0.2, 0.25) is 0 Å². The molecule has 1 aromatic carbocycles. The number of likely N-dealkylation sites (tertiary alicyclic amines) is 1. The fraction of sp³-hybridized carbons (Fsp3) is 0.500. The number of hydrogen-bond acceptors (Lipinski definition) is 5. The van der Waals surface area contributed by atoms with Gasteiger partial charge < -0.3 is 19.1 Å². The fourth-order valence-corrected chi connectivity index (χ4v) is 2.58. The van der Waals surface area contributed by atoms with Gasteiger partial charge in [-0.25, -0.2) is 0 Å². The Labute approximate surface area is 129 Å². The number of nitrogens with zero attached hydrogens (tertiary/aromatic N) is 1. The van der Waals surface area contributed by atoms with Gasteiger partial charge in [0, 0.05) is 18.7 Å². The topological polar surface area (TPSA) is 65.1 Å². The van der Waals surface area contributed by atoms with Gasteiger partial charge in [0.1, 0.15) is 0 Å². The summed E-state index contributed by atoms with van der Waals surface area (Å²) in [4.78, 5) is 26.4. The predicted molar refractivity (Wildman–Crippen MR) is 80.9 cm³/mol. The summed E-state index contributed by atoms with van der Waals surface area (Å²) >= 11 is 0. The number of rotatable bonds is 5. The van der Waals surface area contributed by atoms with Crippen molar-refractivity contribution in [2.75, 3.05) is 34.4 Å². The maximum atomic E-state index is 12.4. The van der Waals surface area contributed by atoms with E-state index in [1.807, 2.05) is 0 Å². The number of amides is 1. The van der Waals surface area contributed by atoms with Crippen LogP contribution in [0.25, 0.3) is 0 Å². The van der Waals surface area contributed by atoms with E-state index in [1.54, 1.807) is 4.90 Å². The summed E-state index contributed by atoms with van der Waals surface area (Å²) in [5, 5.41) is 0. The molecule has 1 aliphatic heterocycles. The highest BCUT2D eigenvalue weighted by molar-refractivity contribution is 6.42. The van der Waals surface area contributed by atoms with E-state index in [-0.39, 0.29) is 5.56 Å². The Morgan fingerprint density at radius 3 is 1.91 bits per heavy atom. The van der Waals surface area contributed by atoms with E-state index in [1.165, 1.54) is 33.5 Å². The van der Waals surface area contributed by atoms with E-state index < -0.39 is 11.7 Å². The average Bonchev–Trinajstić information content (AvgIpc) is 2.59. The number of benzene rings is 1. The zero-order valence-corrected chi connectivity index (χ0v) is 13.2. The number of carbonyl (C=O) groups excluding carboxylic acids is 2. The molecule has 0 unspecified atom stereocenters. The van der Waals surface area contributed by atoms with Crippen molar-refractivity contribution >= 4 is 11.7 Å². The molecule has 0 aliphatic carbocycles. The van der Waals surface area contributed by atoms with Gasteiger partial charge in [-0.3, -0.25) is 9.59 Å². The van der Waals surface area contributed by atoms with E-state index in [0.29, 0.717) is 30.3 Å². The molecule has 1 aromatic rings. The SMILES string of the molecule is COc1cc(C(=O)C(=O)N2CCCCC2)cc(OC)c1OC. The van der Waals surface area contributed by atoms with Crippen molar-refractivity contribution in [1.29, 1.82) is 0 Å². The fourth-order valence-electron chi connectivity index (χ4n) is 2.58. The molecule has 2 rings (SSSR count). The highest BCUT2D eigenvalue weighted by Crippen LogP contribution is 2.38. The molecular weight excluding hydrogens is 286 g/mol. The van der Waals surface area contributed by atoms with Crippen LogP contribution in [-0.4, -0.2) is 51.0 Å². The second kappa shape index (κ2) is 7.15. The first kappa shape index (κ1) is 16.1. The number of Topliss-reactive ketones (excluding diaryl/α,β-unsaturated/α-hetero) is 1. The third-order valence-corrected chi connectivity index (χ3v) is 3.76. The van der Waals surface area contributed by atoms with Gasteiger partial charge in [0.25, 0.3) is 11.7 Å². The second-order valence-corrected chi connectivity index (χ2v) is 5.10. The van der Waals surface area contributed by atoms with Gasteiger partial charge in [-0.2, -0.15) is 0 Å². The van der Waals surface area contributed by atoms with Gasteiger partial charge in [0.2, 0.25) is 5.75 Å². The van der Waals surface area contributed by atoms with E-state index in [2.05, 4.69) is 0 Å². The Balaban J connectivity index is 2.30. The highest BCUT2D eigenvalue weighted by Gasteiger charge is 2.26. The van der Waals surface area contributed by atoms with Crippen LogP contribution in [-0.2, 0) is 4.79 Å². The number of methoxy groups -OCH3 is 3. The molecule has 1 heterocycles. The van der Waals surface area contributed by atoms with Crippen LogP contribution in [0.5, 0.6) is 17.2 Å². The van der Waals surface area contributed by atoms with Gasteiger partial charge in [-0.1, -0.05) is 0 Å². The maximum absolute atomic E-state index is 12.4. The lowest BCUT2D eigenvalue weighted by Gasteiger charge is -2.26. The molecule has 6 nitrogen and oxygen atoms in total. The van der Waals surface area contributed by atoms with Crippen LogP contribution in [0.1, 0.15) is 29.6 Å². The normalized spacial score (nSPS) is 14.4. The van der Waals surface area contributed by atoms with Crippen molar-refractivity contribution in [3.8, 4) is 17.2 Å². The number of ketones is 1. The Hall–Kier alpha value is -2.24. The first-order chi connectivity index (χ1) is 10.6. The van der Waals surface area contributed by atoms with Crippen molar-refractivity contribution in [1.82, 2.24) is 4.90 Å². The molecule has 1 amide bonds. The smallest absolute Gasteiger partial charge is 0.294 e. The first-order valence-corrected chi connectivity index (χ1v) is 7.26. The third kappa shape index (κ3) is 3.16. The zero-order chi connectivity index (χ0) is 16.1. The lowest BCUT2D eigenvalue weighted by molar-refractivity contribution is -0.127. The Bertz CT molecular complexity index is 539. The van der Waals surface area contributed by atoms with Crippen molar-refractivity contribution < 1.29 is 23.8 Å². The molecule has 22 heavy (non-hydrogen) atoms. The van der Waals surface area contributed by atoms with E-state index >= 15 is 0 Å². The molecule has 1 saturated heterocycles. The molecule has 0 aromatic heterocycles. The first-order valence-electron chi connectivity index (χ1n) is 7.26. The Morgan fingerprint density at radius 1 is 0.909 bits per heavy atom. The minimum Gasteiger partial charge on any atom is -0.493 e. The molecule has 1 fully saturated rings. The summed E-state index contributed by atoms with van der Waals surface area (Å²) in [5.74, 6) is 0.0791. The van der Waals surface area contributed by atoms with Crippen molar-refractivity contribution in [3.63, 3.8) is 0 Å². The lowest BCUT2D eigenvalue weighted by Crippen LogP contribution is -2.40. The van der Waals surface area contributed by atoms with Crippen LogP contribution < -0.4 is 14.2 Å². The largest absolute Gasteiger partial charge is 0.493 e. The molecule has 120 valence electrons. The van der Waals surface area contributed by atoms with Crippen molar-refractivity contribution in [2.24, 2.45) is 0 Å². The summed E-state index contributed by atoms with van der Waals surface area (Å²) in [6.07, 6.45) is 2.98. The summed E-state index contributed by atoms with van der Waals surface area (Å²) in [6, 6.07) is 3.01. The molecule has 0 radical (unpaired) electrons. The summed E-state index contributed by atoms with van der Waals surface area (Å²) in [7, 11) is 4.43. The van der Waals surface area contributed by atoms with Gasteiger partial charge in [0.05, 0.1) is 21.3 Å². The molecule has 6 heteroatoms. The second-order valence-electron chi connectivity index (χ2n) is 5.10. The van der Waals surface area contributed by atoms with E-state index in [9.17, 15) is 9.59 Å². The lowest BCUT2D eigenvalue weighted by atomic mass is 10.1. The van der Waals surface area contributed by atoms with Gasteiger partial charge >= 0.3 is 0 Å². The van der Waals surface area contributed by atoms with Crippen LogP contribution in [0, 0.1) is 0 Å². The summed E-state index contributed by atoms with van der Waals surface area (Å²) in [5.41, 5.74) is 0.241. The van der Waals surface area contributed by atoms with E-state index in [4.69, 9.17) is 14.2 Å². The number of hydrogen-bond donors (Lipinski definition) is 0. The number of ether oxygens (including phenoxy) is 3. The minimum atomic E-state index is -0.554. The highest BCUT2D eigenvalue weighted by atomic mass is 16.5. The van der Waals surface area contributed by atoms with Gasteiger partial charge in [-0.15, -0.1) is 0 Å². The molecule has 0 spiro atoms. The molecule has 0 atom stereocenters. The Kier molecular flexibility index (Phi) is 5.25. The number of piperidine rings is 1. The van der Waals surface area contributed by atoms with Crippen LogP contribution in [0.3, 0.4) is 0 Å². The molecule has 0 bridgehead atoms. The molecule has 1 aliphatic rings. The minimum absolute atomic E-state index is 0.241. The van der Waals surface area contributed by atoms with Crippen LogP contribution in [0.15, 0.2) is 12.1 Å². The van der Waals surface area contributed by atoms with Crippen LogP contribution >= 0.6 is 0 Å². The molecule has 0 saturated carbocycles. The van der Waals surface area contributed by atoms with Crippen molar-refractivity contribution in [3.05, 3.63) is 17.7 Å². The number of carbonyl (C=O) groups is 2. The quantitative estimate of drug-likeness (QED) is 0.614. The Morgan fingerprint density at radius 2 is 1.45 bits per heavy atom. The predicted octanol–water partition coefficient (Wildman–Crippen LogP) is 1.91. The third-order valence-electron chi connectivity index (χ3n) is 3.76. The summed E-state index contributed by atoms with van der Waals surface area (Å²) < 4.78 is 15.6. The van der Waals surface area contributed by atoms with Crippen molar-refractivity contribution in [2.45, 2.75) is 19.3 Å². The van der Waals surface area contributed by atoms with E-state index in [0.717, 1.165) is 19.3 Å². The molecular formula is C16H21NO5. The van der Waals surface area contributed by atoms with Gasteiger partial charge in [0.15, 0.2) is 11.5 Å². The monoisotopic (exact) mass is 307 g/mol.